The van der Waals surface area contributed by atoms with E-state index in [1.165, 1.54) is 19.0 Å². The summed E-state index contributed by atoms with van der Waals surface area (Å²) in [4.78, 5) is 8.39. The van der Waals surface area contributed by atoms with Crippen molar-refractivity contribution in [2.75, 3.05) is 6.54 Å². The van der Waals surface area contributed by atoms with Crippen LogP contribution in [0.3, 0.4) is 0 Å². The van der Waals surface area contributed by atoms with Crippen molar-refractivity contribution in [1.82, 2.24) is 10.6 Å². The van der Waals surface area contributed by atoms with Gasteiger partial charge in [0.25, 0.3) is 0 Å². The number of rotatable bonds is 7. The Morgan fingerprint density at radius 3 is 2.67 bits per heavy atom. The maximum Gasteiger partial charge on any atom is 0.126 e. The Labute approximate surface area is 126 Å². The van der Waals surface area contributed by atoms with Crippen molar-refractivity contribution < 1.29 is 0 Å². The Morgan fingerprint density at radius 1 is 1.48 bits per heavy atom. The van der Waals surface area contributed by atoms with Crippen molar-refractivity contribution in [2.45, 2.75) is 39.7 Å². The normalized spacial score (nSPS) is 17.9. The largest absolute Gasteiger partial charge is 0.404 e. The summed E-state index contributed by atoms with van der Waals surface area (Å²) in [6, 6.07) is 0.0176. The molecule has 1 unspecified atom stereocenters. The van der Waals surface area contributed by atoms with Crippen LogP contribution in [-0.4, -0.2) is 30.5 Å². The number of amidine groups is 2. The van der Waals surface area contributed by atoms with Gasteiger partial charge in [0.05, 0.1) is 6.04 Å². The van der Waals surface area contributed by atoms with Gasteiger partial charge in [-0.15, -0.1) is 0 Å². The molecule has 0 bridgehead atoms. The van der Waals surface area contributed by atoms with Crippen LogP contribution >= 0.6 is 0 Å². The third-order valence-electron chi connectivity index (χ3n) is 3.07. The monoisotopic (exact) mass is 290 g/mol. The van der Waals surface area contributed by atoms with Gasteiger partial charge >= 0.3 is 0 Å². The Hall–Kier alpha value is -1.95. The molecule has 1 fully saturated rings. The molecule has 6 nitrogen and oxygen atoms in total. The van der Waals surface area contributed by atoms with Crippen molar-refractivity contribution in [3.05, 3.63) is 24.2 Å². The lowest BCUT2D eigenvalue weighted by Gasteiger charge is -2.18. The third-order valence-corrected chi connectivity index (χ3v) is 3.07. The van der Waals surface area contributed by atoms with E-state index in [1.807, 2.05) is 13.8 Å². The van der Waals surface area contributed by atoms with Gasteiger partial charge in [0.1, 0.15) is 17.5 Å². The SMILES string of the molecule is C=C(/N=C\C(C)=C/N)N/C(=N\C(C)=N)C(C)NCC1CC1. The van der Waals surface area contributed by atoms with Crippen LogP contribution < -0.4 is 16.4 Å². The lowest BCUT2D eigenvalue weighted by atomic mass is 10.2. The number of nitrogens with two attached hydrogens (primary N) is 1. The van der Waals surface area contributed by atoms with Gasteiger partial charge in [-0.05, 0) is 57.8 Å². The van der Waals surface area contributed by atoms with E-state index in [4.69, 9.17) is 11.1 Å². The Kier molecular flexibility index (Phi) is 6.81. The van der Waals surface area contributed by atoms with Crippen molar-refractivity contribution in [2.24, 2.45) is 21.6 Å². The van der Waals surface area contributed by atoms with Crippen molar-refractivity contribution in [1.29, 1.82) is 5.41 Å². The van der Waals surface area contributed by atoms with Crippen LogP contribution in [0.1, 0.15) is 33.6 Å². The Bertz CT molecular complexity index is 471. The van der Waals surface area contributed by atoms with Gasteiger partial charge < -0.3 is 16.4 Å². The van der Waals surface area contributed by atoms with Gasteiger partial charge in [-0.25, -0.2) is 9.98 Å². The first kappa shape index (κ1) is 17.1. The third kappa shape index (κ3) is 7.41. The predicted octanol–water partition coefficient (Wildman–Crippen LogP) is 1.76. The molecule has 0 aromatic heterocycles. The molecule has 1 saturated carbocycles. The number of aliphatic imine (C=N–C) groups is 2. The molecular weight excluding hydrogens is 264 g/mol. The van der Waals surface area contributed by atoms with E-state index >= 15 is 0 Å². The van der Waals surface area contributed by atoms with Crippen LogP contribution in [-0.2, 0) is 0 Å². The van der Waals surface area contributed by atoms with Crippen LogP contribution in [0.25, 0.3) is 0 Å². The number of nitrogens with one attached hydrogen (secondary N) is 3. The summed E-state index contributed by atoms with van der Waals surface area (Å²) in [6.45, 7) is 10.3. The summed E-state index contributed by atoms with van der Waals surface area (Å²) < 4.78 is 0. The number of hydrogen-bond donors (Lipinski definition) is 4. The molecule has 0 spiro atoms. The average Bonchev–Trinajstić information content (AvgIpc) is 3.25. The van der Waals surface area contributed by atoms with Crippen LogP contribution in [0.15, 0.2) is 34.2 Å². The maximum absolute atomic E-state index is 7.54. The molecule has 5 N–H and O–H groups in total. The predicted molar refractivity (Wildman–Crippen MR) is 89.7 cm³/mol. The Balaban J connectivity index is 2.62. The highest BCUT2D eigenvalue weighted by atomic mass is 15.1. The van der Waals surface area contributed by atoms with Gasteiger partial charge in [-0.2, -0.15) is 0 Å². The summed E-state index contributed by atoms with van der Waals surface area (Å²) in [7, 11) is 0. The minimum absolute atomic E-state index is 0.0176. The van der Waals surface area contributed by atoms with E-state index < -0.39 is 0 Å². The molecule has 0 aromatic carbocycles. The molecule has 1 atom stereocenters. The molecule has 0 heterocycles. The van der Waals surface area contributed by atoms with E-state index in [-0.39, 0.29) is 11.9 Å². The highest BCUT2D eigenvalue weighted by molar-refractivity contribution is 5.98. The van der Waals surface area contributed by atoms with E-state index in [2.05, 4.69) is 27.2 Å². The fourth-order valence-electron chi connectivity index (χ4n) is 1.58. The average molecular weight is 290 g/mol. The molecule has 0 amide bonds. The van der Waals surface area contributed by atoms with Gasteiger partial charge in [0.15, 0.2) is 0 Å². The van der Waals surface area contributed by atoms with Crippen LogP contribution in [0, 0.1) is 11.3 Å². The molecule has 0 radical (unpaired) electrons. The van der Waals surface area contributed by atoms with Crippen LogP contribution in [0.5, 0.6) is 0 Å². The van der Waals surface area contributed by atoms with Gasteiger partial charge in [-0.1, -0.05) is 6.58 Å². The lowest BCUT2D eigenvalue weighted by molar-refractivity contribution is 0.606. The van der Waals surface area contributed by atoms with Crippen LogP contribution in [0.4, 0.5) is 0 Å². The smallest absolute Gasteiger partial charge is 0.126 e. The fourth-order valence-corrected chi connectivity index (χ4v) is 1.58. The highest BCUT2D eigenvalue weighted by Crippen LogP contribution is 2.27. The minimum Gasteiger partial charge on any atom is -0.404 e. The van der Waals surface area contributed by atoms with Crippen molar-refractivity contribution in [3.63, 3.8) is 0 Å². The molecular formula is C15H26N6. The first-order valence-electron chi connectivity index (χ1n) is 7.18. The fraction of sp³-hybridized carbons (Fsp3) is 0.533. The lowest BCUT2D eigenvalue weighted by Crippen LogP contribution is -2.42. The standard InChI is InChI=1S/C15H26N6/c1-10(7-16)8-19-13(4)21-15(20-12(3)17)11(2)18-9-14-5-6-14/h7-8,11,14,18H,4-6,9,16H2,1-3H3,(H2,17,20,21)/b10-7-,19-8-. The number of nitrogens with zero attached hydrogens (tertiary/aromatic N) is 2. The molecule has 0 aromatic rings. The zero-order valence-electron chi connectivity index (χ0n) is 13.1. The van der Waals surface area contributed by atoms with Crippen LogP contribution in [0.2, 0.25) is 0 Å². The second-order valence-corrected chi connectivity index (χ2v) is 5.40. The van der Waals surface area contributed by atoms with E-state index in [0.717, 1.165) is 18.0 Å². The van der Waals surface area contributed by atoms with Crippen molar-refractivity contribution >= 4 is 17.9 Å². The molecule has 0 aliphatic heterocycles. The molecule has 1 rings (SSSR count). The first-order valence-corrected chi connectivity index (χ1v) is 7.18. The molecule has 0 saturated heterocycles. The Morgan fingerprint density at radius 2 is 2.14 bits per heavy atom. The molecule has 6 heteroatoms. The second kappa shape index (κ2) is 8.36. The maximum atomic E-state index is 7.54. The molecule has 116 valence electrons. The van der Waals surface area contributed by atoms with Gasteiger partial charge in [0.2, 0.25) is 0 Å². The van der Waals surface area contributed by atoms with E-state index in [0.29, 0.717) is 11.7 Å². The zero-order valence-corrected chi connectivity index (χ0v) is 13.1. The zero-order chi connectivity index (χ0) is 15.8. The summed E-state index contributed by atoms with van der Waals surface area (Å²) >= 11 is 0. The minimum atomic E-state index is 0.0176. The summed E-state index contributed by atoms with van der Waals surface area (Å²) in [5.41, 5.74) is 6.23. The van der Waals surface area contributed by atoms with Crippen molar-refractivity contribution in [3.8, 4) is 0 Å². The molecule has 1 aliphatic rings. The number of hydrogen-bond acceptors (Lipinski definition) is 4. The van der Waals surface area contributed by atoms with Gasteiger partial charge in [-0.3, -0.25) is 5.41 Å². The highest BCUT2D eigenvalue weighted by Gasteiger charge is 2.22. The van der Waals surface area contributed by atoms with E-state index in [9.17, 15) is 0 Å². The number of allylic oxidation sites excluding steroid dienone is 1. The summed E-state index contributed by atoms with van der Waals surface area (Å²) in [5.74, 6) is 2.15. The molecule has 21 heavy (non-hydrogen) atoms. The van der Waals surface area contributed by atoms with Gasteiger partial charge in [0, 0.05) is 6.21 Å². The molecule has 1 aliphatic carbocycles. The summed E-state index contributed by atoms with van der Waals surface area (Å²) in [5, 5.41) is 14.0. The second-order valence-electron chi connectivity index (χ2n) is 5.40. The first-order chi connectivity index (χ1) is 9.92. The quantitative estimate of drug-likeness (QED) is 0.425. The van der Waals surface area contributed by atoms with E-state index in [1.54, 1.807) is 13.1 Å². The topological polar surface area (TPSA) is 98.7 Å². The summed E-state index contributed by atoms with van der Waals surface area (Å²) in [6.07, 6.45) is 5.70.